The van der Waals surface area contributed by atoms with Gasteiger partial charge in [0, 0.05) is 11.6 Å². The summed E-state index contributed by atoms with van der Waals surface area (Å²) in [4.78, 5) is 19.5. The lowest BCUT2D eigenvalue weighted by Crippen LogP contribution is -2.11. The fraction of sp³-hybridized carbons (Fsp3) is 0.111. The smallest absolute Gasteiger partial charge is 0.265 e. The highest BCUT2D eigenvalue weighted by molar-refractivity contribution is 7.17. The summed E-state index contributed by atoms with van der Waals surface area (Å²) in [5.41, 5.74) is 2.56. The molecule has 1 amide bonds. The number of ether oxygens (including phenoxy) is 1. The van der Waals surface area contributed by atoms with E-state index in [-0.39, 0.29) is 5.91 Å². The molecule has 0 saturated heterocycles. The molecule has 0 radical (unpaired) electrons. The molecule has 2 aromatic heterocycles. The fourth-order valence-electron chi connectivity index (χ4n) is 3.78. The molecule has 0 unspecified atom stereocenters. The van der Waals surface area contributed by atoms with E-state index in [0.29, 0.717) is 27.1 Å². The number of hydrogen-bond acceptors (Lipinski definition) is 4. The molecule has 0 saturated carbocycles. The number of benzene rings is 3. The van der Waals surface area contributed by atoms with Gasteiger partial charge in [0.2, 0.25) is 0 Å². The van der Waals surface area contributed by atoms with E-state index in [9.17, 15) is 4.79 Å². The second kappa shape index (κ2) is 9.71. The van der Waals surface area contributed by atoms with E-state index < -0.39 is 0 Å². The Hall–Kier alpha value is -3.61. The summed E-state index contributed by atoms with van der Waals surface area (Å²) in [5.74, 6) is 1.84. The Morgan fingerprint density at radius 3 is 2.65 bits per heavy atom. The van der Waals surface area contributed by atoms with Gasteiger partial charge in [-0.25, -0.2) is 4.98 Å². The third-order valence-electron chi connectivity index (χ3n) is 5.31. The molecule has 34 heavy (non-hydrogen) atoms. The molecule has 0 aliphatic heterocycles. The SMILES string of the molecule is CCCn1c(-c2ccc(C(=O)Nc3cc(Cl)ccc3Oc3ccccc3)s2)nc2ccccc21. The Morgan fingerprint density at radius 2 is 1.82 bits per heavy atom. The van der Waals surface area contributed by atoms with Crippen molar-refractivity contribution in [3.8, 4) is 22.2 Å². The van der Waals surface area contributed by atoms with Crippen LogP contribution in [0.5, 0.6) is 11.5 Å². The van der Waals surface area contributed by atoms with Gasteiger partial charge in [-0.05, 0) is 61.0 Å². The first-order valence-corrected chi connectivity index (χ1v) is 12.2. The number of nitrogens with zero attached hydrogens (tertiary/aromatic N) is 2. The van der Waals surface area contributed by atoms with E-state index in [2.05, 4.69) is 22.9 Å². The minimum atomic E-state index is -0.227. The maximum absolute atomic E-state index is 13.1. The molecule has 0 bridgehead atoms. The predicted molar refractivity (Wildman–Crippen MR) is 139 cm³/mol. The molecule has 0 spiro atoms. The van der Waals surface area contributed by atoms with Gasteiger partial charge in [-0.2, -0.15) is 0 Å². The first-order valence-electron chi connectivity index (χ1n) is 11.0. The Kier molecular flexibility index (Phi) is 6.34. The number of carbonyl (C=O) groups is 1. The Labute approximate surface area is 206 Å². The Morgan fingerprint density at radius 1 is 1.03 bits per heavy atom. The van der Waals surface area contributed by atoms with Crippen molar-refractivity contribution >= 4 is 45.6 Å². The van der Waals surface area contributed by atoms with E-state index >= 15 is 0 Å². The lowest BCUT2D eigenvalue weighted by Gasteiger charge is -2.12. The van der Waals surface area contributed by atoms with Gasteiger partial charge < -0.3 is 14.6 Å². The van der Waals surface area contributed by atoms with Crippen molar-refractivity contribution < 1.29 is 9.53 Å². The Balaban J connectivity index is 1.42. The molecule has 0 aliphatic rings. The number of fused-ring (bicyclic) bond motifs is 1. The number of carbonyl (C=O) groups excluding carboxylic acids is 1. The van der Waals surface area contributed by atoms with Crippen molar-refractivity contribution in [1.29, 1.82) is 0 Å². The molecule has 0 fully saturated rings. The molecular weight excluding hydrogens is 466 g/mol. The van der Waals surface area contributed by atoms with Crippen molar-refractivity contribution in [1.82, 2.24) is 9.55 Å². The van der Waals surface area contributed by atoms with Crippen LogP contribution in [0.3, 0.4) is 0 Å². The second-order valence-electron chi connectivity index (χ2n) is 7.75. The van der Waals surface area contributed by atoms with Gasteiger partial charge in [-0.15, -0.1) is 11.3 Å². The standard InChI is InChI=1S/C27H22ClN3O2S/c1-2-16-31-22-11-7-6-10-20(22)29-26(31)24-14-15-25(34-24)27(32)30-21-17-18(28)12-13-23(21)33-19-8-4-3-5-9-19/h3-15,17H,2,16H2,1H3,(H,30,32). The highest BCUT2D eigenvalue weighted by Gasteiger charge is 2.18. The van der Waals surface area contributed by atoms with Gasteiger partial charge in [-0.3, -0.25) is 4.79 Å². The number of aromatic nitrogens is 2. The molecule has 170 valence electrons. The summed E-state index contributed by atoms with van der Waals surface area (Å²) in [5, 5.41) is 3.46. The lowest BCUT2D eigenvalue weighted by molar-refractivity contribution is 0.103. The first kappa shape index (κ1) is 22.2. The summed E-state index contributed by atoms with van der Waals surface area (Å²) in [6.45, 7) is 3.00. The molecule has 5 rings (SSSR count). The normalized spacial score (nSPS) is 11.0. The van der Waals surface area contributed by atoms with Crippen molar-refractivity contribution in [2.45, 2.75) is 19.9 Å². The number of imidazole rings is 1. The minimum absolute atomic E-state index is 0.227. The van der Waals surface area contributed by atoms with E-state index in [1.54, 1.807) is 18.2 Å². The number of thiophene rings is 1. The largest absolute Gasteiger partial charge is 0.455 e. The third-order valence-corrected chi connectivity index (χ3v) is 6.63. The maximum atomic E-state index is 13.1. The zero-order chi connectivity index (χ0) is 23.5. The number of hydrogen-bond donors (Lipinski definition) is 1. The zero-order valence-electron chi connectivity index (χ0n) is 18.5. The predicted octanol–water partition coefficient (Wildman–Crippen LogP) is 7.87. The molecule has 0 aliphatic carbocycles. The van der Waals surface area contributed by atoms with Crippen molar-refractivity contribution in [2.24, 2.45) is 0 Å². The number of aryl methyl sites for hydroxylation is 1. The summed E-state index contributed by atoms with van der Waals surface area (Å²) < 4.78 is 8.18. The zero-order valence-corrected chi connectivity index (χ0v) is 20.1. The number of anilines is 1. The lowest BCUT2D eigenvalue weighted by atomic mass is 10.2. The number of para-hydroxylation sites is 3. The van der Waals surface area contributed by atoms with Crippen molar-refractivity contribution in [2.75, 3.05) is 5.32 Å². The van der Waals surface area contributed by atoms with E-state index in [1.807, 2.05) is 60.7 Å². The highest BCUT2D eigenvalue weighted by Crippen LogP contribution is 2.34. The van der Waals surface area contributed by atoms with Gasteiger partial charge in [0.05, 0.1) is 26.5 Å². The van der Waals surface area contributed by atoms with Crippen LogP contribution in [0.2, 0.25) is 5.02 Å². The van der Waals surface area contributed by atoms with Crippen LogP contribution in [-0.4, -0.2) is 15.5 Å². The van der Waals surface area contributed by atoms with Crippen molar-refractivity contribution in [3.05, 3.63) is 94.8 Å². The van der Waals surface area contributed by atoms with Gasteiger partial charge in [0.1, 0.15) is 5.75 Å². The number of amides is 1. The third kappa shape index (κ3) is 4.55. The molecule has 3 aromatic carbocycles. The molecule has 7 heteroatoms. The molecule has 5 aromatic rings. The number of nitrogens with one attached hydrogen (secondary N) is 1. The van der Waals surface area contributed by atoms with Gasteiger partial charge in [0.15, 0.2) is 11.6 Å². The molecular formula is C27H22ClN3O2S. The Bertz CT molecular complexity index is 1460. The van der Waals surface area contributed by atoms with Gasteiger partial charge >= 0.3 is 0 Å². The quantitative estimate of drug-likeness (QED) is 0.254. The maximum Gasteiger partial charge on any atom is 0.265 e. The summed E-state index contributed by atoms with van der Waals surface area (Å²) in [6.07, 6.45) is 0.991. The average Bonchev–Trinajstić information content (AvgIpc) is 3.47. The van der Waals surface area contributed by atoms with E-state index in [1.165, 1.54) is 11.3 Å². The van der Waals surface area contributed by atoms with Crippen LogP contribution in [0.15, 0.2) is 84.9 Å². The van der Waals surface area contributed by atoms with Crippen LogP contribution >= 0.6 is 22.9 Å². The molecule has 5 nitrogen and oxygen atoms in total. The number of halogens is 1. The minimum Gasteiger partial charge on any atom is -0.455 e. The van der Waals surface area contributed by atoms with Crippen LogP contribution in [0.4, 0.5) is 5.69 Å². The number of rotatable bonds is 7. The highest BCUT2D eigenvalue weighted by atomic mass is 35.5. The topological polar surface area (TPSA) is 56.2 Å². The van der Waals surface area contributed by atoms with E-state index in [4.69, 9.17) is 21.3 Å². The molecule has 2 heterocycles. The van der Waals surface area contributed by atoms with Crippen LogP contribution in [0.25, 0.3) is 21.7 Å². The first-order chi connectivity index (χ1) is 16.6. The van der Waals surface area contributed by atoms with Crippen molar-refractivity contribution in [3.63, 3.8) is 0 Å². The average molecular weight is 488 g/mol. The molecule has 0 atom stereocenters. The van der Waals surface area contributed by atoms with Crippen LogP contribution in [0, 0.1) is 0 Å². The summed E-state index contributed by atoms with van der Waals surface area (Å²) in [7, 11) is 0. The van der Waals surface area contributed by atoms with Crippen LogP contribution in [-0.2, 0) is 6.54 Å². The van der Waals surface area contributed by atoms with Crippen LogP contribution < -0.4 is 10.1 Å². The fourth-order valence-corrected chi connectivity index (χ4v) is 4.85. The van der Waals surface area contributed by atoms with Gasteiger partial charge in [-0.1, -0.05) is 48.9 Å². The molecule has 1 N–H and O–H groups in total. The summed E-state index contributed by atoms with van der Waals surface area (Å²) in [6, 6.07) is 26.5. The van der Waals surface area contributed by atoms with Gasteiger partial charge in [0.25, 0.3) is 5.91 Å². The monoisotopic (exact) mass is 487 g/mol. The van der Waals surface area contributed by atoms with Crippen LogP contribution in [0.1, 0.15) is 23.0 Å². The second-order valence-corrected chi connectivity index (χ2v) is 9.27. The summed E-state index contributed by atoms with van der Waals surface area (Å²) >= 11 is 7.62. The van der Waals surface area contributed by atoms with E-state index in [0.717, 1.165) is 34.7 Å².